The lowest BCUT2D eigenvalue weighted by Crippen LogP contribution is -2.13. The number of aromatic amines is 2. The van der Waals surface area contributed by atoms with E-state index in [0.29, 0.717) is 4.77 Å². The number of nitrogens with one attached hydrogen (secondary N) is 2. The lowest BCUT2D eigenvalue weighted by molar-refractivity contribution is 0.802. The molecule has 0 radical (unpaired) electrons. The zero-order chi connectivity index (χ0) is 12.5. The van der Waals surface area contributed by atoms with E-state index >= 15 is 0 Å². The average molecular weight is 259 g/mol. The molecule has 2 aromatic heterocycles. The van der Waals surface area contributed by atoms with Gasteiger partial charge in [-0.05, 0) is 30.3 Å². The smallest absolute Gasteiger partial charge is 0.214 e. The minimum absolute atomic E-state index is 0.448. The molecule has 0 aliphatic carbocycles. The van der Waals surface area contributed by atoms with Crippen LogP contribution in [0.4, 0.5) is 0 Å². The van der Waals surface area contributed by atoms with Crippen LogP contribution >= 0.6 is 12.2 Å². The Balaban J connectivity index is 1.85. The SMILES string of the molecule is Nn1c(CCc2c[nH]c3ccccc23)n[nH]c1=S. The Kier molecular flexibility index (Phi) is 2.64. The first-order valence-electron chi connectivity index (χ1n) is 5.72. The van der Waals surface area contributed by atoms with Crippen LogP contribution in [0.5, 0.6) is 0 Å². The van der Waals surface area contributed by atoms with Crippen LogP contribution in [0.1, 0.15) is 11.4 Å². The van der Waals surface area contributed by atoms with Gasteiger partial charge in [-0.2, -0.15) is 5.10 Å². The van der Waals surface area contributed by atoms with Crippen LogP contribution in [0.3, 0.4) is 0 Å². The fourth-order valence-electron chi connectivity index (χ4n) is 2.10. The van der Waals surface area contributed by atoms with Gasteiger partial charge >= 0.3 is 0 Å². The number of rotatable bonds is 3. The fourth-order valence-corrected chi connectivity index (χ4v) is 2.25. The standard InChI is InChI=1S/C12H13N5S/c13-17-11(15-16-12(17)18)6-5-8-7-14-10-4-2-1-3-9(8)10/h1-4,7,14H,5-6,13H2,(H,16,18). The molecule has 0 amide bonds. The van der Waals surface area contributed by atoms with Crippen LogP contribution in [0.15, 0.2) is 30.5 Å². The van der Waals surface area contributed by atoms with E-state index in [-0.39, 0.29) is 0 Å². The quantitative estimate of drug-likeness (QED) is 0.497. The van der Waals surface area contributed by atoms with Gasteiger partial charge in [0.2, 0.25) is 4.77 Å². The second-order valence-corrected chi connectivity index (χ2v) is 4.56. The maximum Gasteiger partial charge on any atom is 0.214 e. The third kappa shape index (κ3) is 1.80. The van der Waals surface area contributed by atoms with Crippen molar-refractivity contribution < 1.29 is 0 Å². The van der Waals surface area contributed by atoms with E-state index in [0.717, 1.165) is 24.2 Å². The van der Waals surface area contributed by atoms with Gasteiger partial charge in [-0.15, -0.1) is 0 Å². The highest BCUT2D eigenvalue weighted by Crippen LogP contribution is 2.18. The van der Waals surface area contributed by atoms with E-state index in [4.69, 9.17) is 18.1 Å². The minimum atomic E-state index is 0.448. The van der Waals surface area contributed by atoms with E-state index in [2.05, 4.69) is 27.3 Å². The van der Waals surface area contributed by atoms with Gasteiger partial charge in [0, 0.05) is 23.5 Å². The lowest BCUT2D eigenvalue weighted by atomic mass is 10.1. The van der Waals surface area contributed by atoms with Gasteiger partial charge in [-0.1, -0.05) is 18.2 Å². The number of H-pyrrole nitrogens is 2. The highest BCUT2D eigenvalue weighted by Gasteiger charge is 2.06. The van der Waals surface area contributed by atoms with Crippen molar-refractivity contribution in [2.45, 2.75) is 12.8 Å². The topological polar surface area (TPSA) is 75.4 Å². The molecule has 0 aliphatic rings. The van der Waals surface area contributed by atoms with Crippen molar-refractivity contribution in [3.05, 3.63) is 46.6 Å². The largest absolute Gasteiger partial charge is 0.361 e. The fraction of sp³-hybridized carbons (Fsp3) is 0.167. The number of hydrogen-bond donors (Lipinski definition) is 3. The zero-order valence-corrected chi connectivity index (χ0v) is 10.5. The maximum absolute atomic E-state index is 5.77. The molecule has 0 fully saturated rings. The van der Waals surface area contributed by atoms with Crippen LogP contribution in [-0.4, -0.2) is 19.9 Å². The summed E-state index contributed by atoms with van der Waals surface area (Å²) in [4.78, 5) is 3.26. The van der Waals surface area contributed by atoms with Crippen molar-refractivity contribution in [1.29, 1.82) is 0 Å². The van der Waals surface area contributed by atoms with Crippen molar-refractivity contribution in [1.82, 2.24) is 19.9 Å². The molecule has 5 nitrogen and oxygen atoms in total. The minimum Gasteiger partial charge on any atom is -0.361 e. The molecular formula is C12H13N5S. The number of nitrogen functional groups attached to an aromatic ring is 1. The third-order valence-corrected chi connectivity index (χ3v) is 3.36. The Morgan fingerprint density at radius 2 is 2.11 bits per heavy atom. The number of benzene rings is 1. The van der Waals surface area contributed by atoms with E-state index in [1.165, 1.54) is 15.6 Å². The van der Waals surface area contributed by atoms with Gasteiger partial charge in [0.1, 0.15) is 0 Å². The second-order valence-electron chi connectivity index (χ2n) is 4.17. The zero-order valence-electron chi connectivity index (χ0n) is 9.68. The number of hydrogen-bond acceptors (Lipinski definition) is 3. The molecule has 92 valence electrons. The molecule has 4 N–H and O–H groups in total. The molecule has 3 aromatic rings. The summed E-state index contributed by atoms with van der Waals surface area (Å²) in [6.07, 6.45) is 3.67. The Bertz CT molecular complexity index is 736. The van der Waals surface area contributed by atoms with E-state index in [9.17, 15) is 0 Å². The predicted molar refractivity (Wildman–Crippen MR) is 73.3 cm³/mol. The van der Waals surface area contributed by atoms with Gasteiger partial charge in [0.15, 0.2) is 5.82 Å². The lowest BCUT2D eigenvalue weighted by Gasteiger charge is -2.00. The van der Waals surface area contributed by atoms with E-state index in [1.54, 1.807) is 0 Å². The molecule has 0 bridgehead atoms. The molecule has 18 heavy (non-hydrogen) atoms. The molecule has 2 heterocycles. The highest BCUT2D eigenvalue weighted by atomic mass is 32.1. The summed E-state index contributed by atoms with van der Waals surface area (Å²) in [5.41, 5.74) is 2.42. The van der Waals surface area contributed by atoms with E-state index in [1.807, 2.05) is 18.3 Å². The molecule has 0 saturated carbocycles. The third-order valence-electron chi connectivity index (χ3n) is 3.07. The van der Waals surface area contributed by atoms with Crippen molar-refractivity contribution >= 4 is 23.1 Å². The Morgan fingerprint density at radius 3 is 2.89 bits per heavy atom. The van der Waals surface area contributed by atoms with Gasteiger partial charge in [-0.3, -0.25) is 5.10 Å². The van der Waals surface area contributed by atoms with Gasteiger partial charge in [-0.25, -0.2) is 4.68 Å². The molecule has 0 spiro atoms. The molecule has 6 heteroatoms. The van der Waals surface area contributed by atoms with Gasteiger partial charge < -0.3 is 10.8 Å². The Labute approximate surface area is 109 Å². The Morgan fingerprint density at radius 1 is 1.28 bits per heavy atom. The highest BCUT2D eigenvalue weighted by molar-refractivity contribution is 7.71. The Hall–Kier alpha value is -2.08. The molecular weight excluding hydrogens is 246 g/mol. The first kappa shape index (κ1) is 11.0. The molecule has 0 saturated heterocycles. The summed E-state index contributed by atoms with van der Waals surface area (Å²) >= 11 is 4.98. The molecule has 0 aliphatic heterocycles. The van der Waals surface area contributed by atoms with Gasteiger partial charge in [0.05, 0.1) is 0 Å². The number of fused-ring (bicyclic) bond motifs is 1. The van der Waals surface area contributed by atoms with Crippen LogP contribution in [0.25, 0.3) is 10.9 Å². The van der Waals surface area contributed by atoms with Crippen LogP contribution < -0.4 is 5.84 Å². The van der Waals surface area contributed by atoms with Crippen LogP contribution in [-0.2, 0) is 12.8 Å². The number of aryl methyl sites for hydroxylation is 2. The van der Waals surface area contributed by atoms with Crippen molar-refractivity contribution in [2.24, 2.45) is 0 Å². The molecule has 3 rings (SSSR count). The van der Waals surface area contributed by atoms with Crippen LogP contribution in [0, 0.1) is 4.77 Å². The van der Waals surface area contributed by atoms with Crippen LogP contribution in [0.2, 0.25) is 0 Å². The summed E-state index contributed by atoms with van der Waals surface area (Å²) < 4.78 is 1.87. The van der Waals surface area contributed by atoms with Crippen molar-refractivity contribution in [3.8, 4) is 0 Å². The van der Waals surface area contributed by atoms with Crippen molar-refractivity contribution in [3.63, 3.8) is 0 Å². The second kappa shape index (κ2) is 4.30. The number of nitrogens with zero attached hydrogens (tertiary/aromatic N) is 2. The first-order valence-corrected chi connectivity index (χ1v) is 6.13. The molecule has 0 unspecified atom stereocenters. The maximum atomic E-state index is 5.77. The summed E-state index contributed by atoms with van der Waals surface area (Å²) in [5, 5.41) is 8.04. The van der Waals surface area contributed by atoms with E-state index < -0.39 is 0 Å². The number of aromatic nitrogens is 4. The average Bonchev–Trinajstić information content (AvgIpc) is 2.94. The normalized spacial score (nSPS) is 11.1. The first-order chi connectivity index (χ1) is 8.75. The molecule has 0 atom stereocenters. The van der Waals surface area contributed by atoms with Gasteiger partial charge in [0.25, 0.3) is 0 Å². The van der Waals surface area contributed by atoms with Crippen molar-refractivity contribution in [2.75, 3.05) is 5.84 Å². The summed E-state index contributed by atoms with van der Waals surface area (Å²) in [6, 6.07) is 8.24. The number of nitrogens with two attached hydrogens (primary N) is 1. The summed E-state index contributed by atoms with van der Waals surface area (Å²) in [6.45, 7) is 0. The number of para-hydroxylation sites is 1. The predicted octanol–water partition coefficient (Wildman–Crippen LogP) is 1.92. The monoisotopic (exact) mass is 259 g/mol. The summed E-state index contributed by atoms with van der Waals surface area (Å²) in [7, 11) is 0. The summed E-state index contributed by atoms with van der Waals surface area (Å²) in [5.74, 6) is 6.53. The molecule has 1 aromatic carbocycles.